The predicted octanol–water partition coefficient (Wildman–Crippen LogP) is 0.843. The van der Waals surface area contributed by atoms with Crippen molar-refractivity contribution < 1.29 is 0 Å². The number of hydrogen-bond donors (Lipinski definition) is 1. The van der Waals surface area contributed by atoms with Crippen molar-refractivity contribution >= 4 is 12.4 Å². The molecule has 0 aromatic rings. The summed E-state index contributed by atoms with van der Waals surface area (Å²) in [4.78, 5) is 8.01. The van der Waals surface area contributed by atoms with Crippen molar-refractivity contribution in [1.82, 2.24) is 0 Å². The maximum atomic E-state index is 5.16. The van der Waals surface area contributed by atoms with Gasteiger partial charge in [0.25, 0.3) is 0 Å². The first-order chi connectivity index (χ1) is 4.81. The van der Waals surface area contributed by atoms with E-state index in [1.54, 1.807) is 6.21 Å². The minimum absolute atomic E-state index is 0.170. The van der Waals surface area contributed by atoms with Crippen LogP contribution in [0, 0.1) is 0 Å². The number of nitrogens with zero attached hydrogens (tertiary/aromatic N) is 2. The molecule has 0 aromatic heterocycles. The van der Waals surface area contributed by atoms with Gasteiger partial charge in [0.15, 0.2) is 0 Å². The third kappa shape index (κ3) is 5.44. The zero-order chi connectivity index (χ0) is 7.82. The third-order valence-corrected chi connectivity index (χ3v) is 0.950. The molecule has 0 aliphatic carbocycles. The molecule has 0 amide bonds. The SMILES string of the molecule is CCC=NC(C)/C=N\CN. The summed E-state index contributed by atoms with van der Waals surface area (Å²) in [6.45, 7) is 4.38. The van der Waals surface area contributed by atoms with Gasteiger partial charge in [0, 0.05) is 6.21 Å². The van der Waals surface area contributed by atoms with Crippen LogP contribution < -0.4 is 5.73 Å². The van der Waals surface area contributed by atoms with Gasteiger partial charge in [0.05, 0.1) is 12.7 Å². The number of hydrogen-bond acceptors (Lipinski definition) is 3. The molecule has 0 aliphatic heterocycles. The Labute approximate surface area is 62.1 Å². The summed E-state index contributed by atoms with van der Waals surface area (Å²) >= 11 is 0. The van der Waals surface area contributed by atoms with Crippen molar-refractivity contribution in [3.8, 4) is 0 Å². The van der Waals surface area contributed by atoms with Crippen LogP contribution in [0.3, 0.4) is 0 Å². The van der Waals surface area contributed by atoms with E-state index < -0.39 is 0 Å². The van der Waals surface area contributed by atoms with Crippen LogP contribution in [0.25, 0.3) is 0 Å². The molecular weight excluding hydrogens is 126 g/mol. The fourth-order valence-corrected chi connectivity index (χ4v) is 0.524. The van der Waals surface area contributed by atoms with Gasteiger partial charge in [-0.2, -0.15) is 0 Å². The molecule has 0 fully saturated rings. The first-order valence-electron chi connectivity index (χ1n) is 3.53. The van der Waals surface area contributed by atoms with E-state index in [0.29, 0.717) is 6.67 Å². The van der Waals surface area contributed by atoms with E-state index in [4.69, 9.17) is 5.73 Å². The maximum absolute atomic E-state index is 5.16. The van der Waals surface area contributed by atoms with Crippen molar-refractivity contribution in [2.75, 3.05) is 6.67 Å². The Bertz CT molecular complexity index is 104. The van der Waals surface area contributed by atoms with Gasteiger partial charge < -0.3 is 5.73 Å². The van der Waals surface area contributed by atoms with E-state index in [-0.39, 0.29) is 6.04 Å². The average Bonchev–Trinajstić information content (AvgIpc) is 1.97. The van der Waals surface area contributed by atoms with Crippen molar-refractivity contribution in [3.63, 3.8) is 0 Å². The van der Waals surface area contributed by atoms with E-state index in [2.05, 4.69) is 16.9 Å². The molecule has 0 radical (unpaired) electrons. The number of aliphatic imine (C=N–C) groups is 2. The molecule has 0 heterocycles. The molecule has 0 rings (SSSR count). The molecule has 0 aromatic carbocycles. The zero-order valence-electron chi connectivity index (χ0n) is 6.62. The molecule has 0 aliphatic rings. The predicted molar refractivity (Wildman–Crippen MR) is 45.8 cm³/mol. The van der Waals surface area contributed by atoms with Gasteiger partial charge in [0.2, 0.25) is 0 Å². The number of nitrogens with two attached hydrogens (primary N) is 1. The molecule has 58 valence electrons. The Morgan fingerprint density at radius 1 is 1.60 bits per heavy atom. The Morgan fingerprint density at radius 3 is 2.80 bits per heavy atom. The van der Waals surface area contributed by atoms with Crippen LogP contribution in [-0.2, 0) is 0 Å². The topological polar surface area (TPSA) is 50.7 Å². The lowest BCUT2D eigenvalue weighted by Gasteiger charge is -1.94. The smallest absolute Gasteiger partial charge is 0.0856 e. The lowest BCUT2D eigenvalue weighted by atomic mass is 10.4. The molecule has 10 heavy (non-hydrogen) atoms. The summed E-state index contributed by atoms with van der Waals surface area (Å²) in [6.07, 6.45) is 4.61. The summed E-state index contributed by atoms with van der Waals surface area (Å²) < 4.78 is 0. The molecule has 0 spiro atoms. The second-order valence-electron chi connectivity index (χ2n) is 1.99. The minimum Gasteiger partial charge on any atom is -0.312 e. The van der Waals surface area contributed by atoms with Gasteiger partial charge in [0.1, 0.15) is 0 Å². The lowest BCUT2D eigenvalue weighted by molar-refractivity contribution is 0.969. The van der Waals surface area contributed by atoms with Crippen LogP contribution in [0.4, 0.5) is 0 Å². The molecule has 3 nitrogen and oxygen atoms in total. The molecule has 0 saturated carbocycles. The standard InChI is InChI=1S/C7H15N3/c1-3-4-10-7(2)5-9-6-8/h4-5,7H,3,6,8H2,1-2H3/b9-5-,10-4?. The molecule has 1 atom stereocenters. The highest BCUT2D eigenvalue weighted by atomic mass is 14.9. The van der Waals surface area contributed by atoms with Gasteiger partial charge in [-0.15, -0.1) is 0 Å². The van der Waals surface area contributed by atoms with Crippen molar-refractivity contribution in [3.05, 3.63) is 0 Å². The molecule has 2 N–H and O–H groups in total. The van der Waals surface area contributed by atoms with Crippen molar-refractivity contribution in [2.24, 2.45) is 15.7 Å². The van der Waals surface area contributed by atoms with E-state index in [0.717, 1.165) is 6.42 Å². The Hall–Kier alpha value is -0.700. The maximum Gasteiger partial charge on any atom is 0.0856 e. The second-order valence-corrected chi connectivity index (χ2v) is 1.99. The first-order valence-corrected chi connectivity index (χ1v) is 3.53. The van der Waals surface area contributed by atoms with Gasteiger partial charge >= 0.3 is 0 Å². The summed E-state index contributed by atoms with van der Waals surface area (Å²) in [7, 11) is 0. The highest BCUT2D eigenvalue weighted by Gasteiger charge is 1.87. The van der Waals surface area contributed by atoms with E-state index >= 15 is 0 Å². The van der Waals surface area contributed by atoms with Crippen LogP contribution >= 0.6 is 0 Å². The fraction of sp³-hybridized carbons (Fsp3) is 0.714. The number of rotatable bonds is 4. The molecular formula is C7H15N3. The van der Waals surface area contributed by atoms with Crippen LogP contribution in [0.5, 0.6) is 0 Å². The first kappa shape index (κ1) is 9.30. The molecule has 3 heteroatoms. The van der Waals surface area contributed by atoms with Crippen LogP contribution in [0.15, 0.2) is 9.98 Å². The summed E-state index contributed by atoms with van der Waals surface area (Å²) in [5, 5.41) is 0. The van der Waals surface area contributed by atoms with Gasteiger partial charge in [-0.05, 0) is 19.6 Å². The normalized spacial score (nSPS) is 15.1. The van der Waals surface area contributed by atoms with Crippen molar-refractivity contribution in [1.29, 1.82) is 0 Å². The average molecular weight is 141 g/mol. The lowest BCUT2D eigenvalue weighted by Crippen LogP contribution is -2.03. The fourth-order valence-electron chi connectivity index (χ4n) is 0.524. The quantitative estimate of drug-likeness (QED) is 0.579. The Balaban J connectivity index is 3.52. The van der Waals surface area contributed by atoms with Gasteiger partial charge in [-0.25, -0.2) is 0 Å². The third-order valence-electron chi connectivity index (χ3n) is 0.950. The molecule has 0 bridgehead atoms. The minimum atomic E-state index is 0.170. The van der Waals surface area contributed by atoms with Crippen LogP contribution in [0.1, 0.15) is 20.3 Å². The molecule has 1 unspecified atom stereocenters. The van der Waals surface area contributed by atoms with Crippen LogP contribution in [0.2, 0.25) is 0 Å². The van der Waals surface area contributed by atoms with E-state index in [1.165, 1.54) is 0 Å². The van der Waals surface area contributed by atoms with Crippen molar-refractivity contribution in [2.45, 2.75) is 26.3 Å². The largest absolute Gasteiger partial charge is 0.312 e. The Morgan fingerprint density at radius 2 is 2.30 bits per heavy atom. The zero-order valence-corrected chi connectivity index (χ0v) is 6.62. The second kappa shape index (κ2) is 6.42. The van der Waals surface area contributed by atoms with Gasteiger partial charge in [-0.1, -0.05) is 6.92 Å². The summed E-state index contributed by atoms with van der Waals surface area (Å²) in [6, 6.07) is 0.170. The van der Waals surface area contributed by atoms with E-state index in [9.17, 15) is 0 Å². The van der Waals surface area contributed by atoms with Crippen LogP contribution in [-0.4, -0.2) is 25.1 Å². The Kier molecular flexibility index (Phi) is 5.97. The highest BCUT2D eigenvalue weighted by Crippen LogP contribution is 1.83. The van der Waals surface area contributed by atoms with Gasteiger partial charge in [-0.3, -0.25) is 9.98 Å². The van der Waals surface area contributed by atoms with E-state index in [1.807, 2.05) is 13.1 Å². The summed E-state index contributed by atoms with van der Waals surface area (Å²) in [5.74, 6) is 0. The summed E-state index contributed by atoms with van der Waals surface area (Å²) in [5.41, 5.74) is 5.16. The monoisotopic (exact) mass is 141 g/mol. The molecule has 0 saturated heterocycles. The highest BCUT2D eigenvalue weighted by molar-refractivity contribution is 5.68.